The minimum absolute atomic E-state index is 0.0424. The predicted octanol–water partition coefficient (Wildman–Crippen LogP) is 2.87. The van der Waals surface area contributed by atoms with Crippen molar-refractivity contribution < 1.29 is 14.3 Å². The van der Waals surface area contributed by atoms with Gasteiger partial charge in [0, 0.05) is 17.5 Å². The summed E-state index contributed by atoms with van der Waals surface area (Å²) in [6, 6.07) is 4.05. The molecule has 2 N–H and O–H groups in total. The standard InChI is InChI=1S/C17H23NO3/c1-4-14(19)7-8-18-16(20)9-13-10-21-17-12(3)11(2)5-6-15(13)17/h5-6,10,14,19H,4,7-9H2,1-3H3,(H,18,20). The van der Waals surface area contributed by atoms with E-state index in [2.05, 4.69) is 5.32 Å². The van der Waals surface area contributed by atoms with Crippen LogP contribution in [0.25, 0.3) is 11.0 Å². The number of nitrogens with one attached hydrogen (secondary N) is 1. The molecular weight excluding hydrogens is 266 g/mol. The van der Waals surface area contributed by atoms with Crippen LogP contribution in [0.15, 0.2) is 22.8 Å². The molecule has 1 heterocycles. The van der Waals surface area contributed by atoms with Crippen LogP contribution in [0.2, 0.25) is 0 Å². The molecule has 0 radical (unpaired) electrons. The number of hydrogen-bond donors (Lipinski definition) is 2. The van der Waals surface area contributed by atoms with Gasteiger partial charge in [0.2, 0.25) is 5.91 Å². The van der Waals surface area contributed by atoms with Crippen LogP contribution < -0.4 is 5.32 Å². The van der Waals surface area contributed by atoms with E-state index in [0.29, 0.717) is 25.8 Å². The van der Waals surface area contributed by atoms with Gasteiger partial charge in [0.05, 0.1) is 18.8 Å². The fourth-order valence-corrected chi connectivity index (χ4v) is 2.34. The van der Waals surface area contributed by atoms with Crippen LogP contribution in [0.1, 0.15) is 36.5 Å². The molecule has 0 saturated heterocycles. The number of benzene rings is 1. The van der Waals surface area contributed by atoms with E-state index in [1.165, 1.54) is 5.56 Å². The molecule has 1 unspecified atom stereocenters. The minimum Gasteiger partial charge on any atom is -0.464 e. The third-order valence-electron chi connectivity index (χ3n) is 3.96. The van der Waals surface area contributed by atoms with Gasteiger partial charge in [-0.2, -0.15) is 0 Å². The molecule has 21 heavy (non-hydrogen) atoms. The quantitative estimate of drug-likeness (QED) is 0.859. The molecule has 0 spiro atoms. The van der Waals surface area contributed by atoms with Gasteiger partial charge < -0.3 is 14.8 Å². The van der Waals surface area contributed by atoms with Crippen molar-refractivity contribution in [2.75, 3.05) is 6.54 Å². The molecule has 0 aliphatic rings. The zero-order valence-corrected chi connectivity index (χ0v) is 12.9. The van der Waals surface area contributed by atoms with E-state index >= 15 is 0 Å². The second kappa shape index (κ2) is 6.76. The molecule has 0 fully saturated rings. The smallest absolute Gasteiger partial charge is 0.224 e. The summed E-state index contributed by atoms with van der Waals surface area (Å²) < 4.78 is 5.60. The molecule has 1 aromatic carbocycles. The number of amides is 1. The Morgan fingerprint density at radius 3 is 2.86 bits per heavy atom. The molecule has 4 nitrogen and oxygen atoms in total. The maximum absolute atomic E-state index is 11.9. The number of aryl methyl sites for hydroxylation is 2. The van der Waals surface area contributed by atoms with E-state index in [1.807, 2.05) is 32.9 Å². The van der Waals surface area contributed by atoms with Crippen molar-refractivity contribution in [2.24, 2.45) is 0 Å². The highest BCUT2D eigenvalue weighted by Gasteiger charge is 2.12. The van der Waals surface area contributed by atoms with Crippen LogP contribution >= 0.6 is 0 Å². The Balaban J connectivity index is 2.00. The van der Waals surface area contributed by atoms with Gasteiger partial charge in [-0.25, -0.2) is 0 Å². The van der Waals surface area contributed by atoms with Gasteiger partial charge in [-0.1, -0.05) is 19.1 Å². The number of fused-ring (bicyclic) bond motifs is 1. The highest BCUT2D eigenvalue weighted by molar-refractivity contribution is 5.89. The maximum Gasteiger partial charge on any atom is 0.224 e. The van der Waals surface area contributed by atoms with Crippen molar-refractivity contribution in [3.63, 3.8) is 0 Å². The molecule has 4 heteroatoms. The van der Waals surface area contributed by atoms with E-state index in [4.69, 9.17) is 4.42 Å². The fourth-order valence-electron chi connectivity index (χ4n) is 2.34. The van der Waals surface area contributed by atoms with Crippen molar-refractivity contribution in [2.45, 2.75) is 46.1 Å². The highest BCUT2D eigenvalue weighted by atomic mass is 16.3. The zero-order chi connectivity index (χ0) is 15.4. The summed E-state index contributed by atoms with van der Waals surface area (Å²) in [4.78, 5) is 11.9. The third-order valence-corrected chi connectivity index (χ3v) is 3.96. The normalized spacial score (nSPS) is 12.6. The lowest BCUT2D eigenvalue weighted by atomic mass is 10.0. The lowest BCUT2D eigenvalue weighted by Crippen LogP contribution is -2.28. The number of rotatable bonds is 6. The van der Waals surface area contributed by atoms with Gasteiger partial charge >= 0.3 is 0 Å². The molecule has 0 saturated carbocycles. The zero-order valence-electron chi connectivity index (χ0n) is 12.9. The minimum atomic E-state index is -0.342. The van der Waals surface area contributed by atoms with Crippen molar-refractivity contribution >= 4 is 16.9 Å². The number of aliphatic hydroxyl groups excluding tert-OH is 1. The van der Waals surface area contributed by atoms with Crippen LogP contribution in [0.4, 0.5) is 0 Å². The number of carbonyl (C=O) groups excluding carboxylic acids is 1. The Morgan fingerprint density at radius 1 is 1.38 bits per heavy atom. The molecule has 0 aliphatic heterocycles. The molecule has 0 aliphatic carbocycles. The molecule has 0 bridgehead atoms. The van der Waals surface area contributed by atoms with E-state index in [-0.39, 0.29) is 12.0 Å². The fraction of sp³-hybridized carbons (Fsp3) is 0.471. The summed E-state index contributed by atoms with van der Waals surface area (Å²) in [5.41, 5.74) is 4.06. The van der Waals surface area contributed by atoms with E-state index in [1.54, 1.807) is 6.26 Å². The first-order chi connectivity index (χ1) is 10.0. The van der Waals surface area contributed by atoms with E-state index in [9.17, 15) is 9.90 Å². The molecule has 1 atom stereocenters. The second-order valence-corrected chi connectivity index (χ2v) is 5.52. The van der Waals surface area contributed by atoms with Gasteiger partial charge in [0.1, 0.15) is 5.58 Å². The monoisotopic (exact) mass is 289 g/mol. The first kappa shape index (κ1) is 15.6. The molecule has 1 amide bonds. The summed E-state index contributed by atoms with van der Waals surface area (Å²) in [5.74, 6) is -0.0424. The molecule has 1 aromatic heterocycles. The summed E-state index contributed by atoms with van der Waals surface area (Å²) in [5, 5.41) is 13.3. The lowest BCUT2D eigenvalue weighted by molar-refractivity contribution is -0.120. The number of aliphatic hydroxyl groups is 1. The second-order valence-electron chi connectivity index (χ2n) is 5.52. The SMILES string of the molecule is CCC(O)CCNC(=O)Cc1coc2c(C)c(C)ccc12. The Labute approximate surface area is 125 Å². The first-order valence-electron chi connectivity index (χ1n) is 7.44. The Bertz CT molecular complexity index is 630. The van der Waals surface area contributed by atoms with Gasteiger partial charge in [0.25, 0.3) is 0 Å². The Morgan fingerprint density at radius 2 is 2.14 bits per heavy atom. The molecule has 2 aromatic rings. The van der Waals surface area contributed by atoms with Crippen LogP contribution in [0, 0.1) is 13.8 Å². The van der Waals surface area contributed by atoms with Crippen LogP contribution in [0.5, 0.6) is 0 Å². The number of furan rings is 1. The summed E-state index contributed by atoms with van der Waals surface area (Å²) >= 11 is 0. The van der Waals surface area contributed by atoms with Gasteiger partial charge in [-0.15, -0.1) is 0 Å². The van der Waals surface area contributed by atoms with Crippen LogP contribution in [-0.4, -0.2) is 23.7 Å². The van der Waals surface area contributed by atoms with Crippen LogP contribution in [-0.2, 0) is 11.2 Å². The highest BCUT2D eigenvalue weighted by Crippen LogP contribution is 2.26. The molecule has 2 rings (SSSR count). The van der Waals surface area contributed by atoms with Gasteiger partial charge in [-0.05, 0) is 37.8 Å². The largest absolute Gasteiger partial charge is 0.464 e. The van der Waals surface area contributed by atoms with E-state index < -0.39 is 0 Å². The van der Waals surface area contributed by atoms with Gasteiger partial charge in [0.15, 0.2) is 0 Å². The van der Waals surface area contributed by atoms with Gasteiger partial charge in [-0.3, -0.25) is 4.79 Å². The summed E-state index contributed by atoms with van der Waals surface area (Å²) in [7, 11) is 0. The Hall–Kier alpha value is -1.81. The molecule has 114 valence electrons. The summed E-state index contributed by atoms with van der Waals surface area (Å²) in [6.07, 6.45) is 2.92. The van der Waals surface area contributed by atoms with Crippen molar-refractivity contribution in [3.05, 3.63) is 35.1 Å². The van der Waals surface area contributed by atoms with Crippen molar-refractivity contribution in [1.82, 2.24) is 5.32 Å². The summed E-state index contributed by atoms with van der Waals surface area (Å²) in [6.45, 7) is 6.50. The lowest BCUT2D eigenvalue weighted by Gasteiger charge is -2.08. The maximum atomic E-state index is 11.9. The third kappa shape index (κ3) is 3.64. The van der Waals surface area contributed by atoms with Crippen LogP contribution in [0.3, 0.4) is 0 Å². The molecular formula is C17H23NO3. The number of carbonyl (C=O) groups is 1. The van der Waals surface area contributed by atoms with E-state index in [0.717, 1.165) is 22.1 Å². The first-order valence-corrected chi connectivity index (χ1v) is 7.44. The average molecular weight is 289 g/mol. The predicted molar refractivity (Wildman–Crippen MR) is 83.3 cm³/mol. The number of hydrogen-bond acceptors (Lipinski definition) is 3. The van der Waals surface area contributed by atoms with Crippen molar-refractivity contribution in [1.29, 1.82) is 0 Å². The Kier molecular flexibility index (Phi) is 5.02. The average Bonchev–Trinajstić information content (AvgIpc) is 2.86. The van der Waals surface area contributed by atoms with Crippen molar-refractivity contribution in [3.8, 4) is 0 Å². The topological polar surface area (TPSA) is 62.5 Å².